The van der Waals surface area contributed by atoms with Gasteiger partial charge in [-0.1, -0.05) is 36.4 Å². The number of alkyl halides is 3. The molecular weight excluding hydrogens is 750 g/mol. The molecule has 0 radical (unpaired) electrons. The first kappa shape index (κ1) is 40.7. The molecule has 2 aromatic carbocycles. The lowest BCUT2D eigenvalue weighted by Gasteiger charge is -2.42. The fourth-order valence-electron chi connectivity index (χ4n) is 6.65. The van der Waals surface area contributed by atoms with Crippen LogP contribution < -0.4 is 9.62 Å². The molecule has 0 saturated carbocycles. The summed E-state index contributed by atoms with van der Waals surface area (Å²) < 4.78 is 83.1. The highest BCUT2D eigenvalue weighted by Gasteiger charge is 2.39. The number of aliphatic carboxylic acids is 1. The number of nitrogens with zero attached hydrogens (tertiary/aromatic N) is 4. The first-order valence-electron chi connectivity index (χ1n) is 17.0. The fourth-order valence-corrected chi connectivity index (χ4v) is 8.44. The molecule has 6 rings (SSSR count). The summed E-state index contributed by atoms with van der Waals surface area (Å²) >= 11 is 0. The molecule has 2 aliphatic heterocycles. The van der Waals surface area contributed by atoms with Crippen molar-refractivity contribution in [3.8, 4) is 22.4 Å². The maximum atomic E-state index is 13.4. The Morgan fingerprint density at radius 1 is 0.981 bits per heavy atom. The molecule has 18 heteroatoms. The van der Waals surface area contributed by atoms with E-state index in [2.05, 4.69) is 38.9 Å². The predicted octanol–water partition coefficient (Wildman–Crippen LogP) is 5.62. The molecule has 4 aromatic rings. The molecule has 0 bridgehead atoms. The monoisotopic (exact) mass is 792 g/mol. The zero-order chi connectivity index (χ0) is 40.0. The van der Waals surface area contributed by atoms with E-state index >= 15 is 0 Å². The van der Waals surface area contributed by atoms with Gasteiger partial charge in [-0.15, -0.1) is 0 Å². The summed E-state index contributed by atoms with van der Waals surface area (Å²) in [5, 5.41) is 7.75. The number of piperidine rings is 1. The van der Waals surface area contributed by atoms with Gasteiger partial charge in [-0.3, -0.25) is 9.80 Å². The summed E-state index contributed by atoms with van der Waals surface area (Å²) in [6, 6.07) is 15.0. The van der Waals surface area contributed by atoms with Crippen LogP contribution in [0, 0.1) is 0 Å². The van der Waals surface area contributed by atoms with Crippen LogP contribution in [0.25, 0.3) is 33.4 Å². The standard InChI is InChI=1S/C34H42N6O5S2.C2HF3O2/c1-34(2,3)40-21-27-28(38(5)33(40)41)19-36-32-30(27)29(23-11-13-26(14-12-23)47(44,45)35-4)31(37-32)24-9-7-22(8-10-24)20-39-17-15-25(16-18-39)46(6,42)43;3-2(4,5)1(6)7/h7-14,19,25,35H,15-18,20-21H2,1-6H3,(H,36,37);(H,6,7). The second-order valence-electron chi connectivity index (χ2n) is 14.4. The zero-order valence-corrected chi connectivity index (χ0v) is 32.3. The van der Waals surface area contributed by atoms with Crippen LogP contribution >= 0.6 is 0 Å². The van der Waals surface area contributed by atoms with Gasteiger partial charge in [0.2, 0.25) is 10.0 Å². The summed E-state index contributed by atoms with van der Waals surface area (Å²) in [5.41, 5.74) is 6.55. The minimum absolute atomic E-state index is 0.0961. The quantitative estimate of drug-likeness (QED) is 0.215. The Labute approximate surface area is 312 Å². The van der Waals surface area contributed by atoms with Gasteiger partial charge in [0.05, 0.1) is 34.3 Å². The Morgan fingerprint density at radius 3 is 2.04 bits per heavy atom. The maximum absolute atomic E-state index is 13.4. The Bertz CT molecular complexity index is 2260. The number of benzene rings is 2. The highest BCUT2D eigenvalue weighted by Crippen LogP contribution is 2.44. The number of sulfone groups is 1. The zero-order valence-electron chi connectivity index (χ0n) is 30.7. The van der Waals surface area contributed by atoms with Crippen molar-refractivity contribution in [3.63, 3.8) is 0 Å². The topological polar surface area (TPSA) is 173 Å². The van der Waals surface area contributed by atoms with E-state index in [1.807, 2.05) is 37.8 Å². The lowest BCUT2D eigenvalue weighted by Crippen LogP contribution is -2.53. The minimum atomic E-state index is -5.08. The molecule has 3 N–H and O–H groups in total. The smallest absolute Gasteiger partial charge is 0.475 e. The lowest BCUT2D eigenvalue weighted by atomic mass is 9.94. The molecule has 1 fully saturated rings. The van der Waals surface area contributed by atoms with Gasteiger partial charge >= 0.3 is 18.2 Å². The average molecular weight is 793 g/mol. The summed E-state index contributed by atoms with van der Waals surface area (Å²) in [4.78, 5) is 36.5. The van der Waals surface area contributed by atoms with Crippen molar-refractivity contribution in [2.75, 3.05) is 38.3 Å². The Morgan fingerprint density at radius 2 is 1.54 bits per heavy atom. The number of hydrogen-bond donors (Lipinski definition) is 3. The first-order valence-corrected chi connectivity index (χ1v) is 20.4. The second-order valence-corrected chi connectivity index (χ2v) is 18.6. The van der Waals surface area contributed by atoms with Gasteiger partial charge in [0, 0.05) is 41.9 Å². The molecule has 1 saturated heterocycles. The number of urea groups is 1. The van der Waals surface area contributed by atoms with E-state index in [0.717, 1.165) is 64.2 Å². The van der Waals surface area contributed by atoms with Crippen molar-refractivity contribution in [3.05, 3.63) is 65.9 Å². The van der Waals surface area contributed by atoms with E-state index in [0.29, 0.717) is 25.0 Å². The number of sulfonamides is 1. The van der Waals surface area contributed by atoms with Crippen LogP contribution in [0.4, 0.5) is 23.7 Å². The fraction of sp³-hybridized carbons (Fsp3) is 0.417. The number of nitrogens with one attached hydrogen (secondary N) is 2. The minimum Gasteiger partial charge on any atom is -0.475 e. The number of fused-ring (bicyclic) bond motifs is 3. The molecule has 54 heavy (non-hydrogen) atoms. The van der Waals surface area contributed by atoms with Crippen molar-refractivity contribution in [1.82, 2.24) is 24.5 Å². The Hall–Kier alpha value is -4.52. The predicted molar refractivity (Wildman–Crippen MR) is 199 cm³/mol. The van der Waals surface area contributed by atoms with Gasteiger partial charge in [-0.25, -0.2) is 36.1 Å². The molecular formula is C36H43F3N6O7S2. The van der Waals surface area contributed by atoms with Gasteiger partial charge in [0.1, 0.15) is 15.5 Å². The molecule has 4 heterocycles. The number of carbonyl (C=O) groups excluding carboxylic acids is 1. The molecule has 0 atom stereocenters. The molecule has 0 aliphatic carbocycles. The van der Waals surface area contributed by atoms with E-state index in [1.165, 1.54) is 13.3 Å². The van der Waals surface area contributed by atoms with Crippen molar-refractivity contribution in [2.24, 2.45) is 0 Å². The van der Waals surface area contributed by atoms with E-state index in [1.54, 1.807) is 30.3 Å². The summed E-state index contributed by atoms with van der Waals surface area (Å²) in [5.74, 6) is -2.76. The van der Waals surface area contributed by atoms with Crippen molar-refractivity contribution in [2.45, 2.75) is 68.6 Å². The van der Waals surface area contributed by atoms with E-state index in [9.17, 15) is 34.8 Å². The maximum Gasteiger partial charge on any atom is 0.490 e. The summed E-state index contributed by atoms with van der Waals surface area (Å²) in [6.07, 6.45) is -0.728. The largest absolute Gasteiger partial charge is 0.490 e. The van der Waals surface area contributed by atoms with Gasteiger partial charge in [0.25, 0.3) is 0 Å². The van der Waals surface area contributed by atoms with Gasteiger partial charge < -0.3 is 15.0 Å². The van der Waals surface area contributed by atoms with E-state index in [-0.39, 0.29) is 16.2 Å². The molecule has 2 aromatic heterocycles. The SMILES string of the molecule is CNS(=O)(=O)c1ccc(-c2c(-c3ccc(CN4CCC(S(C)(=O)=O)CC4)cc3)[nH]c3ncc4c(c23)CN(C(C)(C)C)C(=O)N4C)cc1.O=C(O)C(F)(F)F. The Balaban J connectivity index is 0.000000730. The highest BCUT2D eigenvalue weighted by molar-refractivity contribution is 7.91. The number of pyridine rings is 1. The average Bonchev–Trinajstić information content (AvgIpc) is 3.49. The number of halogens is 3. The number of amides is 2. The third kappa shape index (κ3) is 8.56. The highest BCUT2D eigenvalue weighted by atomic mass is 32.2. The van der Waals surface area contributed by atoms with Crippen molar-refractivity contribution in [1.29, 1.82) is 0 Å². The van der Waals surface area contributed by atoms with Crippen molar-refractivity contribution < 1.29 is 44.7 Å². The van der Waals surface area contributed by atoms with Crippen LogP contribution in [0.15, 0.2) is 59.6 Å². The van der Waals surface area contributed by atoms with E-state index in [4.69, 9.17) is 14.9 Å². The van der Waals surface area contributed by atoms with Crippen LogP contribution in [0.3, 0.4) is 0 Å². The third-order valence-electron chi connectivity index (χ3n) is 9.67. The number of aromatic nitrogens is 2. The second kappa shape index (κ2) is 15.0. The van der Waals surface area contributed by atoms with Crippen LogP contribution in [0.2, 0.25) is 0 Å². The molecule has 0 unspecified atom stereocenters. The number of carboxylic acids is 1. The van der Waals surface area contributed by atoms with Gasteiger partial charge in [-0.2, -0.15) is 13.2 Å². The Kier molecular flexibility index (Phi) is 11.3. The number of anilines is 1. The number of carbonyl (C=O) groups is 2. The normalized spacial score (nSPS) is 16.3. The molecule has 2 amide bonds. The lowest BCUT2D eigenvalue weighted by molar-refractivity contribution is -0.192. The first-order chi connectivity index (χ1) is 25.0. The summed E-state index contributed by atoms with van der Waals surface area (Å²) in [7, 11) is -3.49. The molecule has 2 aliphatic rings. The van der Waals surface area contributed by atoms with E-state index < -0.39 is 37.5 Å². The van der Waals surface area contributed by atoms with Crippen LogP contribution in [0.5, 0.6) is 0 Å². The number of aromatic amines is 1. The molecule has 13 nitrogen and oxygen atoms in total. The number of likely N-dealkylation sites (tertiary alicyclic amines) is 1. The number of carboxylic acid groups (broad SMARTS) is 1. The number of rotatable bonds is 7. The van der Waals surface area contributed by atoms with Crippen LogP contribution in [-0.4, -0.2) is 104 Å². The van der Waals surface area contributed by atoms with Crippen LogP contribution in [-0.2, 0) is 37.7 Å². The van der Waals surface area contributed by atoms with Gasteiger partial charge in [0.15, 0.2) is 0 Å². The van der Waals surface area contributed by atoms with Crippen LogP contribution in [0.1, 0.15) is 44.7 Å². The third-order valence-corrected chi connectivity index (χ3v) is 12.8. The molecule has 292 valence electrons. The van der Waals surface area contributed by atoms with Crippen molar-refractivity contribution >= 4 is 48.6 Å². The number of hydrogen-bond acceptors (Lipinski definition) is 8. The van der Waals surface area contributed by atoms with Gasteiger partial charge in [-0.05, 0) is 82.6 Å². The summed E-state index contributed by atoms with van der Waals surface area (Å²) in [6.45, 7) is 8.66. The molecule has 0 spiro atoms. The number of H-pyrrole nitrogens is 1.